The van der Waals surface area contributed by atoms with E-state index in [0.717, 1.165) is 0 Å². The van der Waals surface area contributed by atoms with Crippen LogP contribution in [0.15, 0.2) is 17.3 Å². The van der Waals surface area contributed by atoms with Crippen LogP contribution in [0, 0.1) is 0 Å². The van der Waals surface area contributed by atoms with E-state index >= 15 is 0 Å². The predicted molar refractivity (Wildman–Crippen MR) is 50.6 cm³/mol. The lowest BCUT2D eigenvalue weighted by Gasteiger charge is -2.02. The molecule has 3 N–H and O–H groups in total. The number of H-pyrrole nitrogens is 1. The Labute approximate surface area is 86.6 Å². The van der Waals surface area contributed by atoms with Crippen LogP contribution in [0.4, 0.5) is 0 Å². The standard InChI is InChI=1S/C7H11N3O4S/c11-7(12)2-1-3-10-15(13,14)6-4-8-9-5-6/h4-5,10H,1-3H2,(H,8,9)(H,11,12). The van der Waals surface area contributed by atoms with E-state index in [9.17, 15) is 13.2 Å². The van der Waals surface area contributed by atoms with E-state index in [-0.39, 0.29) is 24.3 Å². The first-order valence-corrected chi connectivity index (χ1v) is 5.71. The van der Waals surface area contributed by atoms with Crippen molar-refractivity contribution in [3.8, 4) is 0 Å². The SMILES string of the molecule is O=C(O)CCCNS(=O)(=O)c1cn[nH]c1. The molecule has 0 aromatic carbocycles. The van der Waals surface area contributed by atoms with Gasteiger partial charge in [-0.05, 0) is 6.42 Å². The fourth-order valence-electron chi connectivity index (χ4n) is 0.915. The third-order valence-electron chi connectivity index (χ3n) is 1.64. The summed E-state index contributed by atoms with van der Waals surface area (Å²) >= 11 is 0. The minimum Gasteiger partial charge on any atom is -0.481 e. The Morgan fingerprint density at radius 3 is 2.87 bits per heavy atom. The van der Waals surface area contributed by atoms with Crippen LogP contribution in [0.25, 0.3) is 0 Å². The lowest BCUT2D eigenvalue weighted by Crippen LogP contribution is -2.24. The Kier molecular flexibility index (Phi) is 3.81. The van der Waals surface area contributed by atoms with Crippen molar-refractivity contribution in [1.82, 2.24) is 14.9 Å². The number of carboxylic acid groups (broad SMARTS) is 1. The Balaban J connectivity index is 2.42. The number of aromatic nitrogens is 2. The topological polar surface area (TPSA) is 112 Å². The first kappa shape index (κ1) is 11.7. The molecule has 0 saturated heterocycles. The fourth-order valence-corrected chi connectivity index (χ4v) is 1.89. The number of hydrogen-bond donors (Lipinski definition) is 3. The Hall–Kier alpha value is -1.41. The van der Waals surface area contributed by atoms with E-state index in [1.54, 1.807) is 0 Å². The fraction of sp³-hybridized carbons (Fsp3) is 0.429. The molecule has 15 heavy (non-hydrogen) atoms. The summed E-state index contributed by atoms with van der Waals surface area (Å²) in [7, 11) is -3.55. The zero-order valence-corrected chi connectivity index (χ0v) is 8.62. The van der Waals surface area contributed by atoms with Crippen molar-refractivity contribution in [2.45, 2.75) is 17.7 Å². The van der Waals surface area contributed by atoms with Gasteiger partial charge in [0.2, 0.25) is 10.0 Å². The molecule has 0 unspecified atom stereocenters. The lowest BCUT2D eigenvalue weighted by molar-refractivity contribution is -0.137. The van der Waals surface area contributed by atoms with Crippen LogP contribution in [0.2, 0.25) is 0 Å². The summed E-state index contributed by atoms with van der Waals surface area (Å²) in [6.07, 6.45) is 2.62. The maximum Gasteiger partial charge on any atom is 0.303 e. The van der Waals surface area contributed by atoms with Gasteiger partial charge in [-0.25, -0.2) is 13.1 Å². The molecule has 0 aliphatic rings. The molecule has 0 aliphatic carbocycles. The molecular formula is C7H11N3O4S. The van der Waals surface area contributed by atoms with Crippen molar-refractivity contribution in [1.29, 1.82) is 0 Å². The number of rotatable bonds is 6. The van der Waals surface area contributed by atoms with E-state index in [0.29, 0.717) is 0 Å². The molecule has 84 valence electrons. The highest BCUT2D eigenvalue weighted by Gasteiger charge is 2.13. The van der Waals surface area contributed by atoms with Crippen molar-refractivity contribution >= 4 is 16.0 Å². The highest BCUT2D eigenvalue weighted by molar-refractivity contribution is 7.89. The maximum absolute atomic E-state index is 11.4. The number of sulfonamides is 1. The zero-order chi connectivity index (χ0) is 11.3. The summed E-state index contributed by atoms with van der Waals surface area (Å²) < 4.78 is 25.1. The van der Waals surface area contributed by atoms with Gasteiger partial charge in [0.05, 0.1) is 6.20 Å². The van der Waals surface area contributed by atoms with E-state index in [2.05, 4.69) is 14.9 Å². The number of nitrogens with one attached hydrogen (secondary N) is 2. The van der Waals surface area contributed by atoms with Gasteiger partial charge in [-0.1, -0.05) is 0 Å². The molecular weight excluding hydrogens is 222 g/mol. The smallest absolute Gasteiger partial charge is 0.303 e. The monoisotopic (exact) mass is 233 g/mol. The molecule has 0 spiro atoms. The molecule has 0 bridgehead atoms. The number of aliphatic carboxylic acids is 1. The Morgan fingerprint density at radius 2 is 2.33 bits per heavy atom. The van der Waals surface area contributed by atoms with Crippen molar-refractivity contribution in [3.63, 3.8) is 0 Å². The second-order valence-electron chi connectivity index (χ2n) is 2.83. The van der Waals surface area contributed by atoms with Crippen LogP contribution in [0.5, 0.6) is 0 Å². The largest absolute Gasteiger partial charge is 0.481 e. The molecule has 1 rings (SSSR count). The van der Waals surface area contributed by atoms with Gasteiger partial charge in [0, 0.05) is 19.2 Å². The van der Waals surface area contributed by atoms with Crippen LogP contribution in [-0.2, 0) is 14.8 Å². The van der Waals surface area contributed by atoms with Crippen molar-refractivity contribution in [3.05, 3.63) is 12.4 Å². The molecule has 0 aliphatic heterocycles. The first-order chi connectivity index (χ1) is 7.02. The Morgan fingerprint density at radius 1 is 1.60 bits per heavy atom. The van der Waals surface area contributed by atoms with Gasteiger partial charge >= 0.3 is 5.97 Å². The highest BCUT2D eigenvalue weighted by Crippen LogP contribution is 2.03. The van der Waals surface area contributed by atoms with Crippen LogP contribution in [-0.4, -0.2) is 36.2 Å². The van der Waals surface area contributed by atoms with Gasteiger partial charge in [0.1, 0.15) is 4.90 Å². The van der Waals surface area contributed by atoms with Gasteiger partial charge in [-0.3, -0.25) is 9.89 Å². The predicted octanol–water partition coefficient (Wildman–Crippen LogP) is -0.447. The summed E-state index contributed by atoms with van der Waals surface area (Å²) in [4.78, 5) is 10.2. The van der Waals surface area contributed by atoms with E-state index < -0.39 is 16.0 Å². The second-order valence-corrected chi connectivity index (χ2v) is 4.60. The quantitative estimate of drug-likeness (QED) is 0.576. The van der Waals surface area contributed by atoms with E-state index in [1.807, 2.05) is 0 Å². The minimum atomic E-state index is -3.55. The lowest BCUT2D eigenvalue weighted by atomic mass is 10.3. The summed E-state index contributed by atoms with van der Waals surface area (Å²) in [5.74, 6) is -0.947. The molecule has 0 saturated carbocycles. The van der Waals surface area contributed by atoms with Gasteiger partial charge in [-0.2, -0.15) is 5.10 Å². The van der Waals surface area contributed by atoms with Crippen LogP contribution in [0.1, 0.15) is 12.8 Å². The molecule has 1 aromatic heterocycles. The van der Waals surface area contributed by atoms with Crippen LogP contribution >= 0.6 is 0 Å². The van der Waals surface area contributed by atoms with Crippen LogP contribution < -0.4 is 4.72 Å². The average molecular weight is 233 g/mol. The second kappa shape index (κ2) is 4.89. The summed E-state index contributed by atoms with van der Waals surface area (Å²) in [6, 6.07) is 0. The number of hydrogen-bond acceptors (Lipinski definition) is 4. The number of nitrogens with zero attached hydrogens (tertiary/aromatic N) is 1. The van der Waals surface area contributed by atoms with Crippen molar-refractivity contribution in [2.75, 3.05) is 6.54 Å². The minimum absolute atomic E-state index is 0.0397. The molecule has 0 amide bonds. The molecule has 1 aromatic rings. The maximum atomic E-state index is 11.4. The van der Waals surface area contributed by atoms with Crippen molar-refractivity contribution in [2.24, 2.45) is 0 Å². The van der Waals surface area contributed by atoms with Gasteiger partial charge in [0.15, 0.2) is 0 Å². The summed E-state index contributed by atoms with van der Waals surface area (Å²) in [6.45, 7) is 0.0970. The average Bonchev–Trinajstić information content (AvgIpc) is 2.65. The zero-order valence-electron chi connectivity index (χ0n) is 7.80. The molecule has 8 heteroatoms. The van der Waals surface area contributed by atoms with Gasteiger partial charge < -0.3 is 5.11 Å². The third-order valence-corrected chi connectivity index (χ3v) is 3.07. The van der Waals surface area contributed by atoms with E-state index in [1.165, 1.54) is 12.4 Å². The van der Waals surface area contributed by atoms with E-state index in [4.69, 9.17) is 5.11 Å². The highest BCUT2D eigenvalue weighted by atomic mass is 32.2. The molecule has 0 radical (unpaired) electrons. The molecule has 7 nitrogen and oxygen atoms in total. The molecule has 0 atom stereocenters. The number of carboxylic acids is 1. The molecule has 0 fully saturated rings. The van der Waals surface area contributed by atoms with Crippen LogP contribution in [0.3, 0.4) is 0 Å². The molecule has 1 heterocycles. The number of carbonyl (C=O) groups is 1. The van der Waals surface area contributed by atoms with Crippen molar-refractivity contribution < 1.29 is 18.3 Å². The first-order valence-electron chi connectivity index (χ1n) is 4.22. The summed E-state index contributed by atoms with van der Waals surface area (Å²) in [5.41, 5.74) is 0. The van der Waals surface area contributed by atoms with Gasteiger partial charge in [-0.15, -0.1) is 0 Å². The normalized spacial score (nSPS) is 11.5. The third kappa shape index (κ3) is 3.68. The number of aromatic amines is 1. The Bertz CT molecular complexity index is 411. The summed E-state index contributed by atoms with van der Waals surface area (Å²) in [5, 5.41) is 14.2. The van der Waals surface area contributed by atoms with Gasteiger partial charge in [0.25, 0.3) is 0 Å².